The maximum absolute atomic E-state index is 9.38. The highest BCUT2D eigenvalue weighted by Crippen LogP contribution is 2.28. The van der Waals surface area contributed by atoms with Crippen molar-refractivity contribution in [3.8, 4) is 0 Å². The Labute approximate surface area is 90.8 Å². The van der Waals surface area contributed by atoms with Gasteiger partial charge in [0.1, 0.15) is 0 Å². The lowest BCUT2D eigenvalue weighted by molar-refractivity contribution is 0.0661. The van der Waals surface area contributed by atoms with E-state index in [4.69, 9.17) is 4.74 Å². The van der Waals surface area contributed by atoms with Crippen molar-refractivity contribution in [2.24, 2.45) is 5.41 Å². The Hall–Kier alpha value is 0.230. The van der Waals surface area contributed by atoms with E-state index in [1.54, 1.807) is 0 Å². The van der Waals surface area contributed by atoms with Crippen LogP contribution in [0, 0.1) is 5.41 Å². The molecule has 0 saturated carbocycles. The fourth-order valence-electron chi connectivity index (χ4n) is 1.85. The second-order valence-electron chi connectivity index (χ2n) is 4.19. The molecule has 0 spiro atoms. The second kappa shape index (κ2) is 5.95. The number of rotatable bonds is 6. The van der Waals surface area contributed by atoms with Crippen LogP contribution >= 0.6 is 11.8 Å². The van der Waals surface area contributed by atoms with Crippen molar-refractivity contribution in [3.63, 3.8) is 0 Å². The summed E-state index contributed by atoms with van der Waals surface area (Å²) in [6.45, 7) is 3.80. The minimum Gasteiger partial charge on any atom is -0.396 e. The van der Waals surface area contributed by atoms with Crippen LogP contribution in [0.4, 0.5) is 0 Å². The van der Waals surface area contributed by atoms with Crippen LogP contribution in [0.25, 0.3) is 0 Å². The van der Waals surface area contributed by atoms with Gasteiger partial charge in [0, 0.05) is 30.9 Å². The van der Waals surface area contributed by atoms with Crippen LogP contribution in [-0.2, 0) is 4.74 Å². The second-order valence-corrected chi connectivity index (χ2v) is 5.18. The van der Waals surface area contributed by atoms with Gasteiger partial charge in [-0.3, -0.25) is 0 Å². The molecule has 0 amide bonds. The smallest absolute Gasteiger partial charge is 0.0557 e. The normalized spacial score (nSPS) is 27.4. The minimum atomic E-state index is 0.00710. The molecule has 3 nitrogen and oxygen atoms in total. The Bertz CT molecular complexity index is 160. The lowest BCUT2D eigenvalue weighted by atomic mass is 9.88. The lowest BCUT2D eigenvalue weighted by Crippen LogP contribution is -2.39. The molecule has 0 radical (unpaired) electrons. The summed E-state index contributed by atoms with van der Waals surface area (Å²) in [6.07, 6.45) is 3.11. The number of hydrogen-bond donors (Lipinski definition) is 1. The minimum absolute atomic E-state index is 0.00710. The Morgan fingerprint density at radius 1 is 1.57 bits per heavy atom. The van der Waals surface area contributed by atoms with E-state index in [1.165, 1.54) is 0 Å². The summed E-state index contributed by atoms with van der Waals surface area (Å²) in [5.74, 6) is 1.15. The molecule has 0 aliphatic carbocycles. The zero-order valence-electron chi connectivity index (χ0n) is 9.16. The summed E-state index contributed by atoms with van der Waals surface area (Å²) < 4.78 is 5.36. The summed E-state index contributed by atoms with van der Waals surface area (Å²) in [5.41, 5.74) is 0.00710. The first-order valence-electron chi connectivity index (χ1n) is 5.08. The van der Waals surface area contributed by atoms with Gasteiger partial charge in [0.25, 0.3) is 0 Å². The summed E-state index contributed by atoms with van der Waals surface area (Å²) >= 11 is 1.86. The van der Waals surface area contributed by atoms with Crippen molar-refractivity contribution < 1.29 is 9.84 Å². The fraction of sp³-hybridized carbons (Fsp3) is 1.00. The molecule has 1 fully saturated rings. The van der Waals surface area contributed by atoms with E-state index in [1.807, 2.05) is 11.8 Å². The predicted molar refractivity (Wildman–Crippen MR) is 60.8 cm³/mol. The molecule has 0 aromatic heterocycles. The zero-order valence-corrected chi connectivity index (χ0v) is 9.98. The zero-order chi connectivity index (χ0) is 10.4. The molecule has 14 heavy (non-hydrogen) atoms. The monoisotopic (exact) mass is 219 g/mol. The summed E-state index contributed by atoms with van der Waals surface area (Å²) in [5, 5.41) is 9.38. The molecular formula is C10H21NO2S. The van der Waals surface area contributed by atoms with Crippen LogP contribution < -0.4 is 0 Å². The number of hydrogen-bond acceptors (Lipinski definition) is 4. The summed E-state index contributed by atoms with van der Waals surface area (Å²) in [6, 6.07) is 0. The van der Waals surface area contributed by atoms with E-state index in [9.17, 15) is 5.11 Å². The van der Waals surface area contributed by atoms with Crippen LogP contribution in [-0.4, -0.2) is 62.0 Å². The molecule has 0 bridgehead atoms. The van der Waals surface area contributed by atoms with Gasteiger partial charge in [-0.15, -0.1) is 0 Å². The highest BCUT2D eigenvalue weighted by molar-refractivity contribution is 7.98. The third kappa shape index (κ3) is 3.42. The van der Waals surface area contributed by atoms with Crippen LogP contribution in [0.15, 0.2) is 0 Å². The predicted octanol–water partition coefficient (Wildman–Crippen LogP) is 0.680. The molecule has 84 valence electrons. The maximum atomic E-state index is 9.38. The molecular weight excluding hydrogens is 198 g/mol. The lowest BCUT2D eigenvalue weighted by Gasteiger charge is -2.30. The first-order chi connectivity index (χ1) is 6.72. The highest BCUT2D eigenvalue weighted by Gasteiger charge is 2.35. The van der Waals surface area contributed by atoms with Crippen LogP contribution in [0.3, 0.4) is 0 Å². The molecule has 4 heteroatoms. The topological polar surface area (TPSA) is 32.7 Å². The van der Waals surface area contributed by atoms with Crippen molar-refractivity contribution >= 4 is 11.8 Å². The third-order valence-corrected chi connectivity index (χ3v) is 3.39. The third-order valence-electron chi connectivity index (χ3n) is 2.80. The molecule has 1 rings (SSSR count). The molecule has 1 atom stereocenters. The van der Waals surface area contributed by atoms with Crippen LogP contribution in [0.1, 0.15) is 6.42 Å². The molecule has 1 unspecified atom stereocenters. The Morgan fingerprint density at radius 3 is 2.86 bits per heavy atom. The molecule has 1 aliphatic rings. The molecule has 1 saturated heterocycles. The molecule has 1 aliphatic heterocycles. The SMILES string of the molecule is CSCCN(C)CC1(CO)CCOC1. The van der Waals surface area contributed by atoms with Gasteiger partial charge in [-0.1, -0.05) is 0 Å². The number of ether oxygens (including phenoxy) is 1. The largest absolute Gasteiger partial charge is 0.396 e. The quantitative estimate of drug-likeness (QED) is 0.712. The average molecular weight is 219 g/mol. The van der Waals surface area contributed by atoms with Crippen LogP contribution in [0.2, 0.25) is 0 Å². The summed E-state index contributed by atoms with van der Waals surface area (Å²) in [7, 11) is 2.12. The van der Waals surface area contributed by atoms with Gasteiger partial charge in [-0.05, 0) is 19.7 Å². The van der Waals surface area contributed by atoms with E-state index in [0.29, 0.717) is 6.61 Å². The van der Waals surface area contributed by atoms with Gasteiger partial charge >= 0.3 is 0 Å². The van der Waals surface area contributed by atoms with E-state index in [2.05, 4.69) is 18.2 Å². The van der Waals surface area contributed by atoms with Gasteiger partial charge in [0.05, 0.1) is 13.2 Å². The number of aliphatic hydroxyl groups excluding tert-OH is 1. The van der Waals surface area contributed by atoms with Crippen molar-refractivity contribution in [1.82, 2.24) is 4.90 Å². The number of aliphatic hydroxyl groups is 1. The van der Waals surface area contributed by atoms with Crippen molar-refractivity contribution in [3.05, 3.63) is 0 Å². The first-order valence-corrected chi connectivity index (χ1v) is 6.48. The molecule has 1 N–H and O–H groups in total. The van der Waals surface area contributed by atoms with Gasteiger partial charge in [0.15, 0.2) is 0 Å². The number of thioether (sulfide) groups is 1. The Kier molecular flexibility index (Phi) is 5.23. The molecule has 0 aromatic rings. The maximum Gasteiger partial charge on any atom is 0.0557 e. The van der Waals surface area contributed by atoms with Crippen molar-refractivity contribution in [2.45, 2.75) is 6.42 Å². The Morgan fingerprint density at radius 2 is 2.36 bits per heavy atom. The van der Waals surface area contributed by atoms with Gasteiger partial charge in [0.2, 0.25) is 0 Å². The summed E-state index contributed by atoms with van der Waals surface area (Å²) in [4.78, 5) is 2.29. The first kappa shape index (κ1) is 12.3. The van der Waals surface area contributed by atoms with Gasteiger partial charge < -0.3 is 14.7 Å². The van der Waals surface area contributed by atoms with Gasteiger partial charge in [-0.2, -0.15) is 11.8 Å². The van der Waals surface area contributed by atoms with E-state index in [-0.39, 0.29) is 12.0 Å². The fourth-order valence-corrected chi connectivity index (χ4v) is 2.34. The van der Waals surface area contributed by atoms with Crippen molar-refractivity contribution in [2.75, 3.05) is 52.0 Å². The number of nitrogens with zero attached hydrogens (tertiary/aromatic N) is 1. The van der Waals surface area contributed by atoms with Gasteiger partial charge in [-0.25, -0.2) is 0 Å². The van der Waals surface area contributed by atoms with E-state index >= 15 is 0 Å². The standard InChI is InChI=1S/C10H21NO2S/c1-11(4-6-14-2)7-10(8-12)3-5-13-9-10/h12H,3-9H2,1-2H3. The van der Waals surface area contributed by atoms with E-state index in [0.717, 1.165) is 31.9 Å². The van der Waals surface area contributed by atoms with E-state index < -0.39 is 0 Å². The van der Waals surface area contributed by atoms with Crippen LogP contribution in [0.5, 0.6) is 0 Å². The average Bonchev–Trinajstić information content (AvgIpc) is 2.64. The molecule has 0 aromatic carbocycles. The Balaban J connectivity index is 2.32. The van der Waals surface area contributed by atoms with Crippen molar-refractivity contribution in [1.29, 1.82) is 0 Å². The molecule has 1 heterocycles. The highest BCUT2D eigenvalue weighted by atomic mass is 32.2.